The van der Waals surface area contributed by atoms with Crippen LogP contribution in [0.2, 0.25) is 0 Å². The second-order valence-electron chi connectivity index (χ2n) is 4.05. The van der Waals surface area contributed by atoms with Gasteiger partial charge in [-0.25, -0.2) is 0 Å². The Morgan fingerprint density at radius 1 is 1.47 bits per heavy atom. The molecule has 2 atom stereocenters. The van der Waals surface area contributed by atoms with Gasteiger partial charge >= 0.3 is 0 Å². The SMILES string of the molecule is COCc1cc2nccc(C3OC3OC)c2[nH]1. The molecule has 0 bridgehead atoms. The van der Waals surface area contributed by atoms with Crippen molar-refractivity contribution in [3.05, 3.63) is 29.6 Å². The summed E-state index contributed by atoms with van der Waals surface area (Å²) in [5.41, 5.74) is 4.03. The zero-order valence-electron chi connectivity index (χ0n) is 9.77. The standard InChI is InChI=1S/C12H14N2O3/c1-15-6-7-5-9-10(14-7)8(3-4-13-9)11-12(16-2)17-11/h3-5,11-12,14H,6H2,1-2H3. The maximum absolute atomic E-state index is 5.43. The third kappa shape index (κ3) is 1.82. The summed E-state index contributed by atoms with van der Waals surface area (Å²) in [5, 5.41) is 0. The van der Waals surface area contributed by atoms with Crippen LogP contribution < -0.4 is 0 Å². The van der Waals surface area contributed by atoms with Crippen LogP contribution in [0, 0.1) is 0 Å². The summed E-state index contributed by atoms with van der Waals surface area (Å²) in [7, 11) is 3.32. The van der Waals surface area contributed by atoms with Crippen LogP contribution in [0.4, 0.5) is 0 Å². The first-order chi connectivity index (χ1) is 8.33. The fourth-order valence-corrected chi connectivity index (χ4v) is 2.07. The van der Waals surface area contributed by atoms with Gasteiger partial charge in [0.05, 0.1) is 17.6 Å². The number of aromatic nitrogens is 2. The molecule has 0 aromatic carbocycles. The number of pyridine rings is 1. The number of aromatic amines is 1. The van der Waals surface area contributed by atoms with Gasteiger partial charge in [0.2, 0.25) is 0 Å². The van der Waals surface area contributed by atoms with Crippen LogP contribution in [0.5, 0.6) is 0 Å². The first-order valence-corrected chi connectivity index (χ1v) is 5.47. The lowest BCUT2D eigenvalue weighted by Gasteiger charge is -1.98. The number of hydrogen-bond acceptors (Lipinski definition) is 4. The molecule has 0 spiro atoms. The van der Waals surface area contributed by atoms with Crippen molar-refractivity contribution in [3.63, 3.8) is 0 Å². The van der Waals surface area contributed by atoms with Crippen LogP contribution in [0.15, 0.2) is 18.3 Å². The van der Waals surface area contributed by atoms with Gasteiger partial charge in [0.15, 0.2) is 6.29 Å². The second kappa shape index (κ2) is 4.10. The van der Waals surface area contributed by atoms with Gasteiger partial charge in [0.25, 0.3) is 0 Å². The van der Waals surface area contributed by atoms with E-state index >= 15 is 0 Å². The average molecular weight is 234 g/mol. The molecule has 3 heterocycles. The van der Waals surface area contributed by atoms with Gasteiger partial charge < -0.3 is 19.2 Å². The molecule has 5 heteroatoms. The lowest BCUT2D eigenvalue weighted by atomic mass is 10.1. The number of ether oxygens (including phenoxy) is 3. The highest BCUT2D eigenvalue weighted by atomic mass is 16.8. The monoisotopic (exact) mass is 234 g/mol. The predicted octanol–water partition coefficient (Wildman–Crippen LogP) is 1.75. The van der Waals surface area contributed by atoms with E-state index in [1.165, 1.54) is 0 Å². The average Bonchev–Trinajstić information content (AvgIpc) is 3.00. The number of hydrogen-bond donors (Lipinski definition) is 1. The van der Waals surface area contributed by atoms with E-state index in [9.17, 15) is 0 Å². The van der Waals surface area contributed by atoms with Crippen LogP contribution in [0.1, 0.15) is 17.4 Å². The van der Waals surface area contributed by atoms with Crippen LogP contribution in [0.25, 0.3) is 11.0 Å². The molecule has 2 unspecified atom stereocenters. The minimum Gasteiger partial charge on any atom is -0.378 e. The molecule has 2 aromatic rings. The maximum Gasteiger partial charge on any atom is 0.188 e. The summed E-state index contributed by atoms with van der Waals surface area (Å²) >= 11 is 0. The van der Waals surface area contributed by atoms with Gasteiger partial charge in [0, 0.05) is 31.7 Å². The Hall–Kier alpha value is -1.43. The van der Waals surface area contributed by atoms with E-state index in [0.717, 1.165) is 22.3 Å². The summed E-state index contributed by atoms with van der Waals surface area (Å²) in [6.07, 6.45) is 1.67. The quantitative estimate of drug-likeness (QED) is 0.819. The molecular weight excluding hydrogens is 220 g/mol. The summed E-state index contributed by atoms with van der Waals surface area (Å²) in [6, 6.07) is 3.95. The Kier molecular flexibility index (Phi) is 2.58. The molecule has 1 aliphatic heterocycles. The summed E-state index contributed by atoms with van der Waals surface area (Å²) < 4.78 is 15.7. The molecule has 90 valence electrons. The highest BCUT2D eigenvalue weighted by Gasteiger charge is 2.41. The molecule has 1 saturated heterocycles. The van der Waals surface area contributed by atoms with E-state index in [0.29, 0.717) is 6.61 Å². The third-order valence-electron chi connectivity index (χ3n) is 2.90. The molecule has 2 aromatic heterocycles. The Morgan fingerprint density at radius 3 is 3.06 bits per heavy atom. The Balaban J connectivity index is 2.00. The van der Waals surface area contributed by atoms with Gasteiger partial charge in [-0.1, -0.05) is 0 Å². The van der Waals surface area contributed by atoms with Crippen molar-refractivity contribution in [1.29, 1.82) is 0 Å². The van der Waals surface area contributed by atoms with Crippen molar-refractivity contribution in [2.24, 2.45) is 0 Å². The number of nitrogens with one attached hydrogen (secondary N) is 1. The van der Waals surface area contributed by atoms with Crippen molar-refractivity contribution in [3.8, 4) is 0 Å². The lowest BCUT2D eigenvalue weighted by Crippen LogP contribution is -1.93. The summed E-state index contributed by atoms with van der Waals surface area (Å²) in [4.78, 5) is 7.63. The van der Waals surface area contributed by atoms with E-state index in [2.05, 4.69) is 9.97 Å². The van der Waals surface area contributed by atoms with Crippen LogP contribution in [-0.4, -0.2) is 30.5 Å². The van der Waals surface area contributed by atoms with Crippen molar-refractivity contribution < 1.29 is 14.2 Å². The number of methoxy groups -OCH3 is 2. The zero-order valence-corrected chi connectivity index (χ0v) is 9.77. The second-order valence-corrected chi connectivity index (χ2v) is 4.05. The predicted molar refractivity (Wildman–Crippen MR) is 61.4 cm³/mol. The van der Waals surface area contributed by atoms with Gasteiger partial charge in [-0.2, -0.15) is 0 Å². The van der Waals surface area contributed by atoms with Crippen molar-refractivity contribution in [2.75, 3.05) is 14.2 Å². The minimum atomic E-state index is -0.130. The molecule has 0 aliphatic carbocycles. The number of fused-ring (bicyclic) bond motifs is 1. The van der Waals surface area contributed by atoms with E-state index in [1.807, 2.05) is 12.1 Å². The topological polar surface area (TPSA) is 59.7 Å². The zero-order chi connectivity index (χ0) is 11.8. The lowest BCUT2D eigenvalue weighted by molar-refractivity contribution is 0.0950. The number of nitrogens with zero attached hydrogens (tertiary/aromatic N) is 1. The Bertz CT molecular complexity index is 538. The fraction of sp³-hybridized carbons (Fsp3) is 0.417. The van der Waals surface area contributed by atoms with Gasteiger partial charge in [-0.05, 0) is 12.1 Å². The Labute approximate surface area is 98.7 Å². The molecule has 0 saturated carbocycles. The summed E-state index contributed by atoms with van der Waals surface area (Å²) in [6.45, 7) is 0.551. The molecule has 17 heavy (non-hydrogen) atoms. The number of rotatable bonds is 4. The molecule has 0 amide bonds. The van der Waals surface area contributed by atoms with E-state index in [-0.39, 0.29) is 12.4 Å². The largest absolute Gasteiger partial charge is 0.378 e. The highest BCUT2D eigenvalue weighted by Crippen LogP contribution is 2.41. The fourth-order valence-electron chi connectivity index (χ4n) is 2.07. The van der Waals surface area contributed by atoms with E-state index in [4.69, 9.17) is 14.2 Å². The van der Waals surface area contributed by atoms with Crippen molar-refractivity contribution in [1.82, 2.24) is 9.97 Å². The van der Waals surface area contributed by atoms with Crippen LogP contribution >= 0.6 is 0 Å². The third-order valence-corrected chi connectivity index (χ3v) is 2.90. The first-order valence-electron chi connectivity index (χ1n) is 5.47. The number of epoxide rings is 1. The number of H-pyrrole nitrogens is 1. The van der Waals surface area contributed by atoms with Crippen LogP contribution in [-0.2, 0) is 20.8 Å². The van der Waals surface area contributed by atoms with Crippen molar-refractivity contribution in [2.45, 2.75) is 19.0 Å². The van der Waals surface area contributed by atoms with Crippen LogP contribution in [0.3, 0.4) is 0 Å². The van der Waals surface area contributed by atoms with Gasteiger partial charge in [-0.15, -0.1) is 0 Å². The minimum absolute atomic E-state index is 0.0135. The molecule has 1 aliphatic rings. The molecule has 1 N–H and O–H groups in total. The van der Waals surface area contributed by atoms with E-state index in [1.54, 1.807) is 20.4 Å². The van der Waals surface area contributed by atoms with Gasteiger partial charge in [-0.3, -0.25) is 4.98 Å². The molecule has 3 rings (SSSR count). The van der Waals surface area contributed by atoms with E-state index < -0.39 is 0 Å². The maximum atomic E-state index is 5.43. The summed E-state index contributed by atoms with van der Waals surface area (Å²) in [5.74, 6) is 0. The smallest absolute Gasteiger partial charge is 0.188 e. The van der Waals surface area contributed by atoms with Gasteiger partial charge in [0.1, 0.15) is 6.10 Å². The molecule has 1 fully saturated rings. The van der Waals surface area contributed by atoms with Crippen molar-refractivity contribution >= 4 is 11.0 Å². The molecule has 0 radical (unpaired) electrons. The first kappa shape index (κ1) is 10.7. The molecule has 5 nitrogen and oxygen atoms in total. The Morgan fingerprint density at radius 2 is 2.35 bits per heavy atom. The normalized spacial score (nSPS) is 23.2. The molecular formula is C12H14N2O3. The highest BCUT2D eigenvalue weighted by molar-refractivity contribution is 5.80.